The van der Waals surface area contributed by atoms with Crippen LogP contribution in [-0.4, -0.2) is 40.8 Å². The number of ether oxygens (including phenoxy) is 1. The molecule has 0 aliphatic rings. The van der Waals surface area contributed by atoms with Crippen LogP contribution in [0.15, 0.2) is 42.7 Å². The van der Waals surface area contributed by atoms with E-state index < -0.39 is 36.5 Å². The van der Waals surface area contributed by atoms with E-state index in [9.17, 15) is 35.1 Å². The fourth-order valence-electron chi connectivity index (χ4n) is 1.77. The van der Waals surface area contributed by atoms with Gasteiger partial charge in [0.05, 0.1) is 12.4 Å². The zero-order chi connectivity index (χ0) is 19.6. The van der Waals surface area contributed by atoms with E-state index in [4.69, 9.17) is 0 Å². The summed E-state index contributed by atoms with van der Waals surface area (Å²) in [6, 6.07) is 8.34. The zero-order valence-corrected chi connectivity index (χ0v) is 12.7. The first kappa shape index (κ1) is 19.9. The fourth-order valence-corrected chi connectivity index (χ4v) is 1.77. The van der Waals surface area contributed by atoms with Gasteiger partial charge in [-0.25, -0.2) is 18.7 Å². The van der Waals surface area contributed by atoms with E-state index in [-0.39, 0.29) is 5.82 Å². The van der Waals surface area contributed by atoms with Gasteiger partial charge < -0.3 is 4.74 Å². The smallest absolute Gasteiger partial charge is 0.381 e. The van der Waals surface area contributed by atoms with Crippen molar-refractivity contribution in [2.24, 2.45) is 0 Å². The van der Waals surface area contributed by atoms with Crippen LogP contribution in [0.5, 0.6) is 5.75 Å². The minimum absolute atomic E-state index is 0.166. The maximum atomic E-state index is 13.4. The van der Waals surface area contributed by atoms with Crippen LogP contribution in [0.2, 0.25) is 0 Å². The first-order chi connectivity index (χ1) is 12.0. The number of alkyl halides is 8. The molecule has 0 bridgehead atoms. The molecule has 0 aliphatic carbocycles. The van der Waals surface area contributed by atoms with Crippen molar-refractivity contribution in [2.75, 3.05) is 6.61 Å². The molecule has 0 N–H and O–H groups in total. The molecule has 0 amide bonds. The minimum Gasteiger partial charge on any atom is -0.484 e. The molecule has 0 unspecified atom stereocenters. The summed E-state index contributed by atoms with van der Waals surface area (Å²) in [4.78, 5) is 7.50. The predicted octanol–water partition coefficient (Wildman–Crippen LogP) is 4.69. The van der Waals surface area contributed by atoms with Gasteiger partial charge in [0.15, 0.2) is 18.2 Å². The second-order valence-corrected chi connectivity index (χ2v) is 5.10. The first-order valence-electron chi connectivity index (χ1n) is 6.91. The van der Waals surface area contributed by atoms with E-state index in [1.54, 1.807) is 30.3 Å². The van der Waals surface area contributed by atoms with Crippen molar-refractivity contribution in [3.05, 3.63) is 42.7 Å². The first-order valence-corrected chi connectivity index (χ1v) is 6.91. The molecule has 26 heavy (non-hydrogen) atoms. The third-order valence-electron chi connectivity index (χ3n) is 3.23. The second-order valence-electron chi connectivity index (χ2n) is 5.10. The van der Waals surface area contributed by atoms with Crippen molar-refractivity contribution in [1.82, 2.24) is 9.97 Å². The van der Waals surface area contributed by atoms with Crippen LogP contribution in [-0.2, 0) is 0 Å². The van der Waals surface area contributed by atoms with Gasteiger partial charge in [-0.15, -0.1) is 0 Å². The highest BCUT2D eigenvalue weighted by atomic mass is 19.4. The quantitative estimate of drug-likeness (QED) is 0.648. The van der Waals surface area contributed by atoms with Gasteiger partial charge in [-0.05, 0) is 0 Å². The standard InChI is InChI=1S/C15H10F8N2O/c16-12(17)14(20,21)15(22,23)13(18,19)8-26-10-6-24-11(25-7-10)9-4-2-1-3-5-9/h1-7,12H,8H2. The largest absolute Gasteiger partial charge is 0.484 e. The van der Waals surface area contributed by atoms with Gasteiger partial charge in [-0.3, -0.25) is 0 Å². The Morgan fingerprint density at radius 2 is 1.42 bits per heavy atom. The van der Waals surface area contributed by atoms with E-state index in [2.05, 4.69) is 14.7 Å². The van der Waals surface area contributed by atoms with Crippen molar-refractivity contribution in [3.63, 3.8) is 0 Å². The van der Waals surface area contributed by atoms with Crippen LogP contribution >= 0.6 is 0 Å². The highest BCUT2D eigenvalue weighted by Crippen LogP contribution is 2.48. The summed E-state index contributed by atoms with van der Waals surface area (Å²) in [7, 11) is 0. The molecule has 11 heteroatoms. The van der Waals surface area contributed by atoms with E-state index in [1.807, 2.05) is 0 Å². The molecular weight excluding hydrogens is 376 g/mol. The second kappa shape index (κ2) is 7.04. The number of nitrogens with zero attached hydrogens (tertiary/aromatic N) is 2. The predicted molar refractivity (Wildman–Crippen MR) is 73.8 cm³/mol. The van der Waals surface area contributed by atoms with Gasteiger partial charge in [0, 0.05) is 5.56 Å². The van der Waals surface area contributed by atoms with Gasteiger partial charge in [-0.1, -0.05) is 30.3 Å². The SMILES string of the molecule is FC(F)C(F)(F)C(F)(F)C(F)(F)COc1cnc(-c2ccccc2)nc1. The molecule has 0 atom stereocenters. The lowest BCUT2D eigenvalue weighted by Crippen LogP contribution is -2.59. The molecule has 1 heterocycles. The van der Waals surface area contributed by atoms with Gasteiger partial charge in [-0.2, -0.15) is 26.3 Å². The topological polar surface area (TPSA) is 35.0 Å². The summed E-state index contributed by atoms with van der Waals surface area (Å²) in [5, 5.41) is 0. The number of aromatic nitrogens is 2. The highest BCUT2D eigenvalue weighted by Gasteiger charge is 2.75. The molecule has 0 saturated heterocycles. The normalized spacial score (nSPS) is 13.1. The van der Waals surface area contributed by atoms with Crippen molar-refractivity contribution in [1.29, 1.82) is 0 Å². The van der Waals surface area contributed by atoms with Crippen LogP contribution in [0.25, 0.3) is 11.4 Å². The Bertz CT molecular complexity index is 722. The number of rotatable bonds is 7. The maximum absolute atomic E-state index is 13.4. The molecule has 2 aromatic rings. The molecule has 142 valence electrons. The number of halogens is 8. The molecule has 1 aromatic carbocycles. The molecule has 1 aromatic heterocycles. The molecular formula is C15H10F8N2O. The van der Waals surface area contributed by atoms with Gasteiger partial charge in [0.2, 0.25) is 0 Å². The van der Waals surface area contributed by atoms with E-state index in [1.165, 1.54) is 0 Å². The Morgan fingerprint density at radius 3 is 1.92 bits per heavy atom. The summed E-state index contributed by atoms with van der Waals surface area (Å²) >= 11 is 0. The van der Waals surface area contributed by atoms with Crippen LogP contribution in [0.3, 0.4) is 0 Å². The number of benzene rings is 1. The van der Waals surface area contributed by atoms with Crippen molar-refractivity contribution in [3.8, 4) is 17.1 Å². The maximum Gasteiger partial charge on any atom is 0.381 e. The Morgan fingerprint density at radius 1 is 0.885 bits per heavy atom. The third kappa shape index (κ3) is 3.70. The lowest BCUT2D eigenvalue weighted by molar-refractivity contribution is -0.342. The Balaban J connectivity index is 2.10. The highest BCUT2D eigenvalue weighted by molar-refractivity contribution is 5.54. The lowest BCUT2D eigenvalue weighted by atomic mass is 10.1. The van der Waals surface area contributed by atoms with E-state index in [0.29, 0.717) is 5.56 Å². The van der Waals surface area contributed by atoms with Gasteiger partial charge in [0.1, 0.15) is 0 Å². The van der Waals surface area contributed by atoms with Crippen molar-refractivity contribution in [2.45, 2.75) is 24.2 Å². The van der Waals surface area contributed by atoms with Crippen LogP contribution in [0.1, 0.15) is 0 Å². The Labute approximate surface area is 141 Å². The summed E-state index contributed by atoms with van der Waals surface area (Å²) in [6.07, 6.45) is -3.26. The van der Waals surface area contributed by atoms with Crippen LogP contribution < -0.4 is 4.74 Å². The van der Waals surface area contributed by atoms with Gasteiger partial charge in [0.25, 0.3) is 0 Å². The average Bonchev–Trinajstić information content (AvgIpc) is 2.60. The molecule has 0 saturated carbocycles. The fraction of sp³-hybridized carbons (Fsp3) is 0.333. The molecule has 3 nitrogen and oxygen atoms in total. The molecule has 0 spiro atoms. The molecule has 0 fully saturated rings. The number of hydrogen-bond donors (Lipinski definition) is 0. The average molecular weight is 386 g/mol. The van der Waals surface area contributed by atoms with Crippen molar-refractivity contribution >= 4 is 0 Å². The monoisotopic (exact) mass is 386 g/mol. The lowest BCUT2D eigenvalue weighted by Gasteiger charge is -2.31. The van der Waals surface area contributed by atoms with E-state index in [0.717, 1.165) is 12.4 Å². The van der Waals surface area contributed by atoms with E-state index >= 15 is 0 Å². The van der Waals surface area contributed by atoms with Crippen molar-refractivity contribution < 1.29 is 39.9 Å². The summed E-state index contributed by atoms with van der Waals surface area (Å²) in [5.41, 5.74) is 0.562. The summed E-state index contributed by atoms with van der Waals surface area (Å²) in [5.74, 6) is -18.5. The number of hydrogen-bond acceptors (Lipinski definition) is 3. The third-order valence-corrected chi connectivity index (χ3v) is 3.23. The Kier molecular flexibility index (Phi) is 5.38. The minimum atomic E-state index is -6.32. The summed E-state index contributed by atoms with van der Waals surface area (Å²) < 4.78 is 107. The molecule has 2 rings (SSSR count). The summed E-state index contributed by atoms with van der Waals surface area (Å²) in [6.45, 7) is -2.27. The van der Waals surface area contributed by atoms with Crippen LogP contribution in [0.4, 0.5) is 35.1 Å². The van der Waals surface area contributed by atoms with Gasteiger partial charge >= 0.3 is 24.2 Å². The molecule has 0 radical (unpaired) electrons. The Hall–Kier alpha value is -2.46. The molecule has 0 aliphatic heterocycles. The van der Waals surface area contributed by atoms with Crippen LogP contribution in [0, 0.1) is 0 Å². The zero-order valence-electron chi connectivity index (χ0n) is 12.7.